The molecule has 0 N–H and O–H groups in total. The Bertz CT molecular complexity index is 484. The predicted molar refractivity (Wildman–Crippen MR) is 92.7 cm³/mol. The fraction of sp³-hybridized carbons (Fsp3) is 0.750. The van der Waals surface area contributed by atoms with Gasteiger partial charge in [0.2, 0.25) is 5.78 Å². The molecule has 1 aliphatic heterocycles. The molecule has 1 heterocycles. The van der Waals surface area contributed by atoms with Crippen LogP contribution in [0, 0.1) is 23.7 Å². The van der Waals surface area contributed by atoms with E-state index in [1.165, 1.54) is 32.1 Å². The van der Waals surface area contributed by atoms with Crippen LogP contribution in [0.3, 0.4) is 0 Å². The Hall–Kier alpha value is -1.29. The molecule has 0 aromatic heterocycles. The van der Waals surface area contributed by atoms with E-state index in [0.717, 1.165) is 6.42 Å². The number of carbonyl (C=O) groups excluding carboxylic acids is 1. The maximum atomic E-state index is 11.1. The highest BCUT2D eigenvalue weighted by atomic mass is 16.7. The Morgan fingerprint density at radius 2 is 1.70 bits per heavy atom. The number of carbonyl (C=O) groups is 1. The zero-order valence-electron chi connectivity index (χ0n) is 15.0. The van der Waals surface area contributed by atoms with Gasteiger partial charge < -0.3 is 9.47 Å². The van der Waals surface area contributed by atoms with Crippen LogP contribution in [0.25, 0.3) is 0 Å². The van der Waals surface area contributed by atoms with Crippen molar-refractivity contribution in [1.82, 2.24) is 0 Å². The van der Waals surface area contributed by atoms with Crippen molar-refractivity contribution in [3.05, 3.63) is 0 Å². The molecule has 1 fully saturated rings. The van der Waals surface area contributed by atoms with Crippen LogP contribution < -0.4 is 0 Å². The zero-order chi connectivity index (χ0) is 17.1. The Morgan fingerprint density at radius 3 is 2.39 bits per heavy atom. The molecule has 2 atom stereocenters. The number of unbranched alkanes of at least 4 members (excludes halogenated alkanes) is 4. The van der Waals surface area contributed by atoms with Crippen molar-refractivity contribution in [2.75, 3.05) is 0 Å². The first-order chi connectivity index (χ1) is 11.0. The van der Waals surface area contributed by atoms with Crippen molar-refractivity contribution in [2.24, 2.45) is 0 Å². The van der Waals surface area contributed by atoms with E-state index in [4.69, 9.17) is 9.47 Å². The Kier molecular flexibility index (Phi) is 9.00. The molecule has 23 heavy (non-hydrogen) atoms. The van der Waals surface area contributed by atoms with Gasteiger partial charge in [-0.3, -0.25) is 4.79 Å². The maximum Gasteiger partial charge on any atom is 0.206 e. The third-order valence-corrected chi connectivity index (χ3v) is 3.85. The van der Waals surface area contributed by atoms with E-state index in [1.807, 2.05) is 13.8 Å². The molecule has 1 aliphatic rings. The average molecular weight is 318 g/mol. The van der Waals surface area contributed by atoms with Crippen LogP contribution in [-0.4, -0.2) is 23.8 Å². The van der Waals surface area contributed by atoms with Crippen LogP contribution in [0.4, 0.5) is 0 Å². The van der Waals surface area contributed by atoms with E-state index in [2.05, 4.69) is 30.6 Å². The van der Waals surface area contributed by atoms with Crippen LogP contribution in [0.15, 0.2) is 0 Å². The van der Waals surface area contributed by atoms with Gasteiger partial charge in [0.25, 0.3) is 0 Å². The molecule has 0 saturated carbocycles. The molecule has 0 aromatic rings. The zero-order valence-corrected chi connectivity index (χ0v) is 15.0. The number of hydrogen-bond acceptors (Lipinski definition) is 3. The maximum absolute atomic E-state index is 11.1. The first kappa shape index (κ1) is 19.8. The number of ketones is 1. The van der Waals surface area contributed by atoms with Crippen molar-refractivity contribution in [2.45, 2.75) is 97.1 Å². The van der Waals surface area contributed by atoms with E-state index < -0.39 is 5.79 Å². The number of hydrogen-bond donors (Lipinski definition) is 0. The van der Waals surface area contributed by atoms with Gasteiger partial charge in [-0.1, -0.05) is 51.9 Å². The number of Topliss-reactive ketones (excluding diaryl/α,β-unsaturated/α-hetero) is 1. The van der Waals surface area contributed by atoms with Crippen molar-refractivity contribution >= 4 is 5.78 Å². The lowest BCUT2D eigenvalue weighted by atomic mass is 10.0. The minimum atomic E-state index is -0.537. The Morgan fingerprint density at radius 1 is 1.00 bits per heavy atom. The highest BCUT2D eigenvalue weighted by molar-refractivity contribution is 5.95. The van der Waals surface area contributed by atoms with Gasteiger partial charge in [0.15, 0.2) is 5.79 Å². The summed E-state index contributed by atoms with van der Waals surface area (Å²) in [4.78, 5) is 11.1. The molecule has 0 aromatic carbocycles. The summed E-state index contributed by atoms with van der Waals surface area (Å²) in [5.74, 6) is 10.2. The summed E-state index contributed by atoms with van der Waals surface area (Å²) in [7, 11) is 0. The molecule has 3 nitrogen and oxygen atoms in total. The van der Waals surface area contributed by atoms with E-state index in [-0.39, 0.29) is 18.0 Å². The van der Waals surface area contributed by atoms with Crippen molar-refractivity contribution < 1.29 is 14.3 Å². The molecule has 0 unspecified atom stereocenters. The molecule has 1 rings (SSSR count). The van der Waals surface area contributed by atoms with Gasteiger partial charge >= 0.3 is 0 Å². The molecule has 0 bridgehead atoms. The van der Waals surface area contributed by atoms with Crippen LogP contribution in [0.2, 0.25) is 0 Å². The monoisotopic (exact) mass is 318 g/mol. The minimum absolute atomic E-state index is 0.00708. The van der Waals surface area contributed by atoms with Gasteiger partial charge in [0.1, 0.15) is 0 Å². The molecular weight excluding hydrogens is 288 g/mol. The van der Waals surface area contributed by atoms with E-state index in [0.29, 0.717) is 12.8 Å². The van der Waals surface area contributed by atoms with Gasteiger partial charge in [0, 0.05) is 12.8 Å². The topological polar surface area (TPSA) is 35.5 Å². The first-order valence-corrected chi connectivity index (χ1v) is 8.85. The van der Waals surface area contributed by atoms with Crippen LogP contribution in [0.5, 0.6) is 0 Å². The summed E-state index contributed by atoms with van der Waals surface area (Å²) >= 11 is 0. The van der Waals surface area contributed by atoms with Crippen LogP contribution in [0.1, 0.15) is 79.1 Å². The molecule has 128 valence electrons. The van der Waals surface area contributed by atoms with E-state index in [9.17, 15) is 4.79 Å². The first-order valence-electron chi connectivity index (χ1n) is 8.85. The van der Waals surface area contributed by atoms with E-state index >= 15 is 0 Å². The highest BCUT2D eigenvalue weighted by Gasteiger charge is 2.40. The summed E-state index contributed by atoms with van der Waals surface area (Å²) < 4.78 is 11.9. The molecule has 1 saturated heterocycles. The van der Waals surface area contributed by atoms with Gasteiger partial charge in [-0.25, -0.2) is 0 Å². The smallest absolute Gasteiger partial charge is 0.206 e. The lowest BCUT2D eigenvalue weighted by molar-refractivity contribution is -0.146. The van der Waals surface area contributed by atoms with Crippen LogP contribution in [-0.2, 0) is 14.3 Å². The Balaban J connectivity index is 2.44. The summed E-state index contributed by atoms with van der Waals surface area (Å²) in [5, 5.41) is 0. The second-order valence-corrected chi connectivity index (χ2v) is 6.45. The van der Waals surface area contributed by atoms with Crippen molar-refractivity contribution in [1.29, 1.82) is 0 Å². The third-order valence-electron chi connectivity index (χ3n) is 3.85. The lowest BCUT2D eigenvalue weighted by Crippen LogP contribution is -2.21. The molecule has 0 aliphatic carbocycles. The molecule has 0 spiro atoms. The second kappa shape index (κ2) is 10.5. The van der Waals surface area contributed by atoms with Crippen molar-refractivity contribution in [3.8, 4) is 23.7 Å². The van der Waals surface area contributed by atoms with Crippen LogP contribution >= 0.6 is 0 Å². The fourth-order valence-electron chi connectivity index (χ4n) is 2.66. The summed E-state index contributed by atoms with van der Waals surface area (Å²) in [5.41, 5.74) is 0. The summed E-state index contributed by atoms with van der Waals surface area (Å²) in [6, 6.07) is 0. The normalized spacial score (nSPS) is 21.9. The lowest BCUT2D eigenvalue weighted by Gasteiger charge is -2.16. The van der Waals surface area contributed by atoms with Gasteiger partial charge in [-0.2, -0.15) is 0 Å². The quantitative estimate of drug-likeness (QED) is 0.381. The van der Waals surface area contributed by atoms with Crippen molar-refractivity contribution in [3.63, 3.8) is 0 Å². The van der Waals surface area contributed by atoms with E-state index in [1.54, 1.807) is 6.92 Å². The molecule has 0 amide bonds. The minimum Gasteiger partial charge on any atom is -0.345 e. The molecule has 3 heteroatoms. The highest BCUT2D eigenvalue weighted by Crippen LogP contribution is 2.32. The Labute approximate surface area is 141 Å². The SMILES string of the molecule is CCCCCCC[C@H]1OC(C)(C)O[C@@H]1CC#CC#CC(=O)CC. The molecular formula is C20H30O3. The average Bonchev–Trinajstić information content (AvgIpc) is 2.80. The fourth-order valence-corrected chi connectivity index (χ4v) is 2.66. The number of rotatable bonds is 8. The van der Waals surface area contributed by atoms with Gasteiger partial charge in [0.05, 0.1) is 12.2 Å². The second-order valence-electron chi connectivity index (χ2n) is 6.45. The predicted octanol–water partition coefficient (Wildman–Crippen LogP) is 4.24. The summed E-state index contributed by atoms with van der Waals surface area (Å²) in [6.07, 6.45) is 8.40. The standard InChI is InChI=1S/C20H30O3/c1-5-7-8-9-12-15-18-19(23-20(3,4)22-18)16-13-10-11-14-17(21)6-2/h18-19H,5-9,12,15-16H2,1-4H3/t18-,19-/m1/s1. The molecule has 0 radical (unpaired) electrons. The largest absolute Gasteiger partial charge is 0.345 e. The summed E-state index contributed by atoms with van der Waals surface area (Å²) in [6.45, 7) is 7.91. The third kappa shape index (κ3) is 8.21. The van der Waals surface area contributed by atoms with Gasteiger partial charge in [-0.15, -0.1) is 0 Å². The number of ether oxygens (including phenoxy) is 2. The van der Waals surface area contributed by atoms with Gasteiger partial charge in [-0.05, 0) is 38.0 Å².